The van der Waals surface area contributed by atoms with Crippen LogP contribution < -0.4 is 5.32 Å². The van der Waals surface area contributed by atoms with Crippen molar-refractivity contribution in [3.05, 3.63) is 64.7 Å². The van der Waals surface area contributed by atoms with Gasteiger partial charge in [-0.3, -0.25) is 4.98 Å². The summed E-state index contributed by atoms with van der Waals surface area (Å²) in [6, 6.07) is 10.5. The normalized spacial score (nSPS) is 13.9. The maximum absolute atomic E-state index is 13.3. The number of hydrogen-bond donors (Lipinski definition) is 1. The number of halogens is 2. The van der Waals surface area contributed by atoms with Crippen LogP contribution >= 0.6 is 11.6 Å². The molecule has 1 N–H and O–H groups in total. The Morgan fingerprint density at radius 1 is 1.29 bits per heavy atom. The summed E-state index contributed by atoms with van der Waals surface area (Å²) in [7, 11) is 0. The fourth-order valence-electron chi connectivity index (χ4n) is 2.43. The lowest BCUT2D eigenvalue weighted by molar-refractivity contribution is 0.459. The Balaban J connectivity index is 2.33. The maximum Gasteiger partial charge on any atom is 0.124 e. The van der Waals surface area contributed by atoms with Crippen molar-refractivity contribution in [1.82, 2.24) is 10.3 Å². The van der Waals surface area contributed by atoms with Crippen LogP contribution in [0.4, 0.5) is 4.39 Å². The van der Waals surface area contributed by atoms with Crippen molar-refractivity contribution in [2.24, 2.45) is 0 Å². The van der Waals surface area contributed by atoms with E-state index in [9.17, 15) is 4.39 Å². The third-order valence-corrected chi connectivity index (χ3v) is 3.89. The van der Waals surface area contributed by atoms with Gasteiger partial charge in [0.25, 0.3) is 0 Å². The van der Waals surface area contributed by atoms with Crippen LogP contribution in [0, 0.1) is 5.82 Å². The smallest absolute Gasteiger partial charge is 0.124 e. The van der Waals surface area contributed by atoms with E-state index in [1.54, 1.807) is 12.3 Å². The highest BCUT2D eigenvalue weighted by atomic mass is 35.5. The van der Waals surface area contributed by atoms with Crippen LogP contribution in [0.1, 0.15) is 43.5 Å². The lowest BCUT2D eigenvalue weighted by Crippen LogP contribution is -2.27. The molecule has 2 unspecified atom stereocenters. The standard InChI is InChI=1S/C17H20ClFN2/c1-3-9-21-17(12(2)16-6-4-5-10-20-16)14-8-7-13(19)11-15(14)18/h4-8,10-12,17,21H,3,9H2,1-2H3. The van der Waals surface area contributed by atoms with Gasteiger partial charge in [-0.05, 0) is 42.8 Å². The van der Waals surface area contributed by atoms with Gasteiger partial charge in [-0.25, -0.2) is 4.39 Å². The number of hydrogen-bond acceptors (Lipinski definition) is 2. The van der Waals surface area contributed by atoms with E-state index < -0.39 is 0 Å². The van der Waals surface area contributed by atoms with E-state index in [-0.39, 0.29) is 17.8 Å². The number of rotatable bonds is 6. The topological polar surface area (TPSA) is 24.9 Å². The summed E-state index contributed by atoms with van der Waals surface area (Å²) in [4.78, 5) is 4.42. The van der Waals surface area contributed by atoms with Crippen LogP contribution in [0.2, 0.25) is 5.02 Å². The van der Waals surface area contributed by atoms with Crippen LogP contribution in [0.3, 0.4) is 0 Å². The highest BCUT2D eigenvalue weighted by molar-refractivity contribution is 6.31. The molecule has 2 rings (SSSR count). The molecule has 0 aliphatic carbocycles. The highest BCUT2D eigenvalue weighted by Crippen LogP contribution is 2.33. The molecule has 2 atom stereocenters. The molecule has 0 saturated heterocycles. The summed E-state index contributed by atoms with van der Waals surface area (Å²) in [5.41, 5.74) is 1.90. The van der Waals surface area contributed by atoms with Gasteiger partial charge in [-0.2, -0.15) is 0 Å². The van der Waals surface area contributed by atoms with Gasteiger partial charge in [-0.15, -0.1) is 0 Å². The first-order chi connectivity index (χ1) is 10.1. The third-order valence-electron chi connectivity index (χ3n) is 3.57. The second-order valence-corrected chi connectivity index (χ2v) is 5.55. The molecule has 1 aromatic carbocycles. The van der Waals surface area contributed by atoms with Crippen LogP contribution in [-0.2, 0) is 0 Å². The van der Waals surface area contributed by atoms with Crippen LogP contribution in [-0.4, -0.2) is 11.5 Å². The van der Waals surface area contributed by atoms with Crippen LogP contribution in [0.15, 0.2) is 42.6 Å². The summed E-state index contributed by atoms with van der Waals surface area (Å²) in [5, 5.41) is 3.95. The Labute approximate surface area is 130 Å². The molecule has 21 heavy (non-hydrogen) atoms. The van der Waals surface area contributed by atoms with Crippen molar-refractivity contribution >= 4 is 11.6 Å². The number of nitrogens with one attached hydrogen (secondary N) is 1. The fraction of sp³-hybridized carbons (Fsp3) is 0.353. The van der Waals surface area contributed by atoms with Crippen molar-refractivity contribution in [3.8, 4) is 0 Å². The predicted molar refractivity (Wildman–Crippen MR) is 85.1 cm³/mol. The Kier molecular flexibility index (Phi) is 5.71. The molecule has 0 amide bonds. The zero-order valence-corrected chi connectivity index (χ0v) is 13.1. The van der Waals surface area contributed by atoms with Gasteiger partial charge in [0.2, 0.25) is 0 Å². The molecule has 112 valence electrons. The number of nitrogens with zero attached hydrogens (tertiary/aromatic N) is 1. The van der Waals surface area contributed by atoms with Gasteiger partial charge >= 0.3 is 0 Å². The predicted octanol–water partition coefficient (Wildman–Crippen LogP) is 4.72. The average molecular weight is 307 g/mol. The summed E-state index contributed by atoms with van der Waals surface area (Å²) >= 11 is 6.23. The first kappa shape index (κ1) is 15.9. The Bertz CT molecular complexity index is 574. The van der Waals surface area contributed by atoms with Crippen molar-refractivity contribution in [2.75, 3.05) is 6.54 Å². The molecule has 0 bridgehead atoms. The quantitative estimate of drug-likeness (QED) is 0.835. The first-order valence-corrected chi connectivity index (χ1v) is 7.60. The Morgan fingerprint density at radius 3 is 2.71 bits per heavy atom. The summed E-state index contributed by atoms with van der Waals surface area (Å²) in [6.07, 6.45) is 2.80. The zero-order chi connectivity index (χ0) is 15.2. The van der Waals surface area contributed by atoms with Gasteiger partial charge in [0.05, 0.1) is 0 Å². The number of aromatic nitrogens is 1. The summed E-state index contributed by atoms with van der Waals surface area (Å²) < 4.78 is 13.3. The fourth-order valence-corrected chi connectivity index (χ4v) is 2.71. The number of benzene rings is 1. The summed E-state index contributed by atoms with van der Waals surface area (Å²) in [6.45, 7) is 5.09. The van der Waals surface area contributed by atoms with Gasteiger partial charge < -0.3 is 5.32 Å². The molecule has 1 aromatic heterocycles. The molecule has 0 spiro atoms. The molecule has 0 fully saturated rings. The van der Waals surface area contributed by atoms with Gasteiger partial charge in [0, 0.05) is 28.9 Å². The third kappa shape index (κ3) is 4.02. The molecule has 2 nitrogen and oxygen atoms in total. The zero-order valence-electron chi connectivity index (χ0n) is 12.3. The highest BCUT2D eigenvalue weighted by Gasteiger charge is 2.23. The van der Waals surface area contributed by atoms with Crippen molar-refractivity contribution < 1.29 is 4.39 Å². The van der Waals surface area contributed by atoms with Gasteiger partial charge in [0.15, 0.2) is 0 Å². The van der Waals surface area contributed by atoms with E-state index in [1.165, 1.54) is 12.1 Å². The van der Waals surface area contributed by atoms with Crippen molar-refractivity contribution in [1.29, 1.82) is 0 Å². The first-order valence-electron chi connectivity index (χ1n) is 7.22. The lowest BCUT2D eigenvalue weighted by atomic mass is 9.91. The van der Waals surface area contributed by atoms with Crippen molar-refractivity contribution in [2.45, 2.75) is 32.2 Å². The second-order valence-electron chi connectivity index (χ2n) is 5.14. The average Bonchev–Trinajstić information content (AvgIpc) is 2.50. The second kappa shape index (κ2) is 7.53. The van der Waals surface area contributed by atoms with E-state index in [4.69, 9.17) is 11.6 Å². The van der Waals surface area contributed by atoms with E-state index in [0.29, 0.717) is 5.02 Å². The lowest BCUT2D eigenvalue weighted by Gasteiger charge is -2.26. The molecule has 0 radical (unpaired) electrons. The monoisotopic (exact) mass is 306 g/mol. The molecule has 2 aromatic rings. The van der Waals surface area contributed by atoms with Crippen molar-refractivity contribution in [3.63, 3.8) is 0 Å². The Morgan fingerprint density at radius 2 is 2.10 bits per heavy atom. The largest absolute Gasteiger partial charge is 0.309 e. The Hall–Kier alpha value is -1.45. The molecule has 0 aliphatic rings. The van der Waals surface area contributed by atoms with E-state index in [0.717, 1.165) is 24.2 Å². The molecule has 0 saturated carbocycles. The van der Waals surface area contributed by atoms with Gasteiger partial charge in [0.1, 0.15) is 5.82 Å². The maximum atomic E-state index is 13.3. The summed E-state index contributed by atoms with van der Waals surface area (Å²) in [5.74, 6) is -0.177. The minimum absolute atomic E-state index is 0.00736. The molecular formula is C17H20ClFN2. The van der Waals surface area contributed by atoms with E-state index in [2.05, 4.69) is 24.1 Å². The molecular weight excluding hydrogens is 287 g/mol. The number of pyridine rings is 1. The van der Waals surface area contributed by atoms with Crippen LogP contribution in [0.25, 0.3) is 0 Å². The molecule has 0 aliphatic heterocycles. The molecule has 4 heteroatoms. The van der Waals surface area contributed by atoms with Gasteiger partial charge in [-0.1, -0.05) is 37.6 Å². The SMILES string of the molecule is CCCNC(c1ccc(F)cc1Cl)C(C)c1ccccn1. The van der Waals surface area contributed by atoms with E-state index in [1.807, 2.05) is 18.2 Å². The van der Waals surface area contributed by atoms with Crippen LogP contribution in [0.5, 0.6) is 0 Å². The molecule has 1 heterocycles. The minimum Gasteiger partial charge on any atom is -0.309 e. The van der Waals surface area contributed by atoms with E-state index >= 15 is 0 Å². The minimum atomic E-state index is -0.316.